The number of benzene rings is 1. The summed E-state index contributed by atoms with van der Waals surface area (Å²) < 4.78 is 9.99. The van der Waals surface area contributed by atoms with Gasteiger partial charge in [0, 0.05) is 16.6 Å². The Balaban J connectivity index is 2.38. The van der Waals surface area contributed by atoms with Crippen molar-refractivity contribution in [3.05, 3.63) is 40.9 Å². The minimum Gasteiger partial charge on any atom is -0.463 e. The van der Waals surface area contributed by atoms with Crippen LogP contribution in [-0.2, 0) is 23.9 Å². The second kappa shape index (κ2) is 8.91. The summed E-state index contributed by atoms with van der Waals surface area (Å²) in [7, 11) is 0. The molecule has 0 spiro atoms. The molecule has 0 aliphatic rings. The van der Waals surface area contributed by atoms with Crippen molar-refractivity contribution in [2.75, 3.05) is 18.5 Å². The number of hydrogen-bond acceptors (Lipinski definition) is 5. The molecule has 0 saturated heterocycles. The van der Waals surface area contributed by atoms with Crippen LogP contribution in [0.4, 0.5) is 5.69 Å². The number of carbonyl (C=O) groups is 3. The summed E-state index contributed by atoms with van der Waals surface area (Å²) in [5, 5.41) is 2.57. The predicted molar refractivity (Wildman–Crippen MR) is 79.5 cm³/mol. The van der Waals surface area contributed by atoms with Crippen LogP contribution in [0.25, 0.3) is 0 Å². The molecule has 1 N–H and O–H groups in total. The summed E-state index contributed by atoms with van der Waals surface area (Å²) >= 11 is 3.28. The van der Waals surface area contributed by atoms with Crippen LogP contribution in [0.5, 0.6) is 0 Å². The predicted octanol–water partition coefficient (Wildman–Crippen LogP) is 2.05. The van der Waals surface area contributed by atoms with Crippen molar-refractivity contribution in [1.29, 1.82) is 0 Å². The smallest absolute Gasteiger partial charge is 0.331 e. The number of anilines is 1. The van der Waals surface area contributed by atoms with Crippen LogP contribution in [0.1, 0.15) is 6.92 Å². The molecule has 0 radical (unpaired) electrons. The van der Waals surface area contributed by atoms with E-state index in [1.165, 1.54) is 0 Å². The second-order valence-electron chi connectivity index (χ2n) is 3.72. The average molecular weight is 356 g/mol. The normalized spacial score (nSPS) is 10.2. The molecule has 0 heterocycles. The van der Waals surface area contributed by atoms with E-state index in [1.807, 2.05) is 0 Å². The van der Waals surface area contributed by atoms with Gasteiger partial charge in [-0.1, -0.05) is 12.1 Å². The minimum atomic E-state index is -0.801. The zero-order valence-electron chi connectivity index (χ0n) is 11.3. The standard InChI is InChI=1S/C14H14BrNO5/c1-2-20-13(18)7-8-14(19)21-9-12(17)16-11-6-4-3-5-10(11)15/h3-8H,2,9H2,1H3,(H,16,17). The van der Waals surface area contributed by atoms with E-state index in [4.69, 9.17) is 0 Å². The molecule has 112 valence electrons. The zero-order valence-corrected chi connectivity index (χ0v) is 12.9. The van der Waals surface area contributed by atoms with Gasteiger partial charge >= 0.3 is 11.9 Å². The molecular formula is C14H14BrNO5. The Morgan fingerprint density at radius 3 is 2.38 bits per heavy atom. The number of halogens is 1. The first-order valence-electron chi connectivity index (χ1n) is 6.09. The van der Waals surface area contributed by atoms with Gasteiger partial charge in [-0.05, 0) is 35.0 Å². The van der Waals surface area contributed by atoms with Gasteiger partial charge < -0.3 is 14.8 Å². The van der Waals surface area contributed by atoms with Crippen LogP contribution in [0.15, 0.2) is 40.9 Å². The lowest BCUT2D eigenvalue weighted by atomic mass is 10.3. The van der Waals surface area contributed by atoms with E-state index in [0.29, 0.717) is 10.2 Å². The van der Waals surface area contributed by atoms with E-state index in [9.17, 15) is 14.4 Å². The molecule has 1 rings (SSSR count). The van der Waals surface area contributed by atoms with Gasteiger partial charge in [-0.3, -0.25) is 4.79 Å². The molecule has 0 unspecified atom stereocenters. The molecule has 0 fully saturated rings. The highest BCUT2D eigenvalue weighted by Gasteiger charge is 2.07. The van der Waals surface area contributed by atoms with Gasteiger partial charge in [0.05, 0.1) is 12.3 Å². The number of carbonyl (C=O) groups excluding carboxylic acids is 3. The Labute approximate surface area is 130 Å². The van der Waals surface area contributed by atoms with Crippen molar-refractivity contribution >= 4 is 39.5 Å². The van der Waals surface area contributed by atoms with Crippen molar-refractivity contribution in [1.82, 2.24) is 0 Å². The van der Waals surface area contributed by atoms with Crippen LogP contribution in [0, 0.1) is 0 Å². The molecule has 0 atom stereocenters. The quantitative estimate of drug-likeness (QED) is 0.623. The molecule has 0 bridgehead atoms. The molecule has 21 heavy (non-hydrogen) atoms. The van der Waals surface area contributed by atoms with Crippen molar-refractivity contribution < 1.29 is 23.9 Å². The Morgan fingerprint density at radius 2 is 1.76 bits per heavy atom. The molecule has 1 amide bonds. The largest absolute Gasteiger partial charge is 0.463 e. The lowest BCUT2D eigenvalue weighted by Gasteiger charge is -2.06. The number of hydrogen-bond donors (Lipinski definition) is 1. The Hall–Kier alpha value is -2.15. The fourth-order valence-electron chi connectivity index (χ4n) is 1.26. The van der Waals surface area contributed by atoms with Crippen molar-refractivity contribution in [2.45, 2.75) is 6.92 Å². The number of ether oxygens (including phenoxy) is 2. The van der Waals surface area contributed by atoms with Crippen molar-refractivity contribution in [2.24, 2.45) is 0 Å². The Kier molecular flexibility index (Phi) is 7.17. The number of para-hydroxylation sites is 1. The van der Waals surface area contributed by atoms with E-state index < -0.39 is 24.5 Å². The summed E-state index contributed by atoms with van der Waals surface area (Å²) in [5.74, 6) is -1.93. The first-order valence-corrected chi connectivity index (χ1v) is 6.88. The molecule has 0 aliphatic heterocycles. The molecular weight excluding hydrogens is 342 g/mol. The van der Waals surface area contributed by atoms with Gasteiger partial charge in [0.25, 0.3) is 5.91 Å². The Bertz CT molecular complexity index is 556. The van der Waals surface area contributed by atoms with E-state index in [0.717, 1.165) is 12.2 Å². The maximum atomic E-state index is 11.6. The molecule has 1 aromatic carbocycles. The van der Waals surface area contributed by atoms with E-state index in [-0.39, 0.29) is 6.61 Å². The number of nitrogens with one attached hydrogen (secondary N) is 1. The first-order chi connectivity index (χ1) is 10.0. The lowest BCUT2D eigenvalue weighted by molar-refractivity contribution is -0.143. The fraction of sp³-hybridized carbons (Fsp3) is 0.214. The highest BCUT2D eigenvalue weighted by Crippen LogP contribution is 2.20. The molecule has 1 aromatic rings. The zero-order chi connectivity index (χ0) is 15.7. The molecule has 0 saturated carbocycles. The van der Waals surface area contributed by atoms with Crippen LogP contribution in [0.3, 0.4) is 0 Å². The molecule has 6 nitrogen and oxygen atoms in total. The number of rotatable bonds is 6. The summed E-state index contributed by atoms with van der Waals surface area (Å²) in [6, 6.07) is 7.03. The van der Waals surface area contributed by atoms with Gasteiger partial charge in [0.15, 0.2) is 6.61 Å². The second-order valence-corrected chi connectivity index (χ2v) is 4.58. The third-order valence-electron chi connectivity index (χ3n) is 2.14. The van der Waals surface area contributed by atoms with Gasteiger partial charge in [-0.15, -0.1) is 0 Å². The van der Waals surface area contributed by atoms with Crippen LogP contribution in [0.2, 0.25) is 0 Å². The molecule has 0 aromatic heterocycles. The maximum absolute atomic E-state index is 11.6. The summed E-state index contributed by atoms with van der Waals surface area (Å²) in [4.78, 5) is 33.8. The van der Waals surface area contributed by atoms with Crippen LogP contribution < -0.4 is 5.32 Å². The maximum Gasteiger partial charge on any atom is 0.331 e. The van der Waals surface area contributed by atoms with Crippen LogP contribution in [-0.4, -0.2) is 31.1 Å². The topological polar surface area (TPSA) is 81.7 Å². The minimum absolute atomic E-state index is 0.215. The third kappa shape index (κ3) is 6.71. The average Bonchev–Trinajstić information content (AvgIpc) is 2.46. The van der Waals surface area contributed by atoms with E-state index in [2.05, 4.69) is 30.7 Å². The van der Waals surface area contributed by atoms with Crippen molar-refractivity contribution in [3.63, 3.8) is 0 Å². The SMILES string of the molecule is CCOC(=O)C=CC(=O)OCC(=O)Nc1ccccc1Br. The summed E-state index contributed by atoms with van der Waals surface area (Å²) in [6.45, 7) is 1.41. The monoisotopic (exact) mass is 355 g/mol. The highest BCUT2D eigenvalue weighted by molar-refractivity contribution is 9.10. The third-order valence-corrected chi connectivity index (χ3v) is 2.83. The molecule has 0 aliphatic carbocycles. The number of esters is 2. The number of amides is 1. The van der Waals surface area contributed by atoms with E-state index in [1.54, 1.807) is 31.2 Å². The van der Waals surface area contributed by atoms with Gasteiger partial charge in [-0.2, -0.15) is 0 Å². The van der Waals surface area contributed by atoms with Gasteiger partial charge in [0.1, 0.15) is 0 Å². The van der Waals surface area contributed by atoms with Gasteiger partial charge in [-0.25, -0.2) is 9.59 Å². The lowest BCUT2D eigenvalue weighted by Crippen LogP contribution is -2.20. The summed E-state index contributed by atoms with van der Waals surface area (Å²) in [6.07, 6.45) is 1.85. The summed E-state index contributed by atoms with van der Waals surface area (Å²) in [5.41, 5.74) is 0.570. The van der Waals surface area contributed by atoms with Crippen molar-refractivity contribution in [3.8, 4) is 0 Å². The fourth-order valence-corrected chi connectivity index (χ4v) is 1.64. The first kappa shape index (κ1) is 16.9. The Morgan fingerprint density at radius 1 is 1.14 bits per heavy atom. The van der Waals surface area contributed by atoms with Gasteiger partial charge in [0.2, 0.25) is 0 Å². The highest BCUT2D eigenvalue weighted by atomic mass is 79.9. The molecule has 7 heteroatoms. The van der Waals surface area contributed by atoms with Crippen LogP contribution >= 0.6 is 15.9 Å². The van der Waals surface area contributed by atoms with E-state index >= 15 is 0 Å².